The first-order valence-electron chi connectivity index (χ1n) is 5.70. The molecule has 2 aromatic rings. The monoisotopic (exact) mass is 356 g/mol. The number of carbonyl (C=O) groups excluding carboxylic acids is 1. The van der Waals surface area contributed by atoms with Gasteiger partial charge in [0.1, 0.15) is 5.82 Å². The Bertz CT molecular complexity index is 691. The molecule has 20 heavy (non-hydrogen) atoms. The van der Waals surface area contributed by atoms with E-state index >= 15 is 0 Å². The molecule has 0 aliphatic heterocycles. The van der Waals surface area contributed by atoms with Gasteiger partial charge in [0.05, 0.1) is 11.3 Å². The molecule has 2 rings (SSSR count). The maximum Gasteiger partial charge on any atom is 0.258 e. The Kier molecular flexibility index (Phi) is 4.30. The topological polar surface area (TPSA) is 55.1 Å². The van der Waals surface area contributed by atoms with Crippen molar-refractivity contribution < 1.29 is 9.18 Å². The van der Waals surface area contributed by atoms with Crippen molar-refractivity contribution in [1.29, 1.82) is 0 Å². The van der Waals surface area contributed by atoms with Crippen molar-refractivity contribution in [2.75, 3.05) is 11.1 Å². The van der Waals surface area contributed by atoms with Gasteiger partial charge in [-0.3, -0.25) is 4.79 Å². The molecule has 0 aliphatic rings. The normalized spacial score (nSPS) is 10.4. The Morgan fingerprint density at radius 2 is 2.05 bits per heavy atom. The van der Waals surface area contributed by atoms with E-state index in [1.165, 1.54) is 12.1 Å². The summed E-state index contributed by atoms with van der Waals surface area (Å²) in [4.78, 5) is 12.1. The van der Waals surface area contributed by atoms with Crippen LogP contribution < -0.4 is 11.1 Å². The van der Waals surface area contributed by atoms with Gasteiger partial charge in [-0.1, -0.05) is 11.6 Å². The molecule has 0 radical (unpaired) electrons. The third-order valence-corrected chi connectivity index (χ3v) is 3.79. The van der Waals surface area contributed by atoms with Crippen LogP contribution in [0.3, 0.4) is 0 Å². The number of hydrogen-bond donors (Lipinski definition) is 2. The number of hydrogen-bond acceptors (Lipinski definition) is 2. The molecule has 3 nitrogen and oxygen atoms in total. The van der Waals surface area contributed by atoms with E-state index in [2.05, 4.69) is 21.2 Å². The molecule has 0 fully saturated rings. The highest BCUT2D eigenvalue weighted by Gasteiger charge is 2.14. The van der Waals surface area contributed by atoms with E-state index in [4.69, 9.17) is 17.3 Å². The summed E-state index contributed by atoms with van der Waals surface area (Å²) in [7, 11) is 0. The predicted octanol–water partition coefficient (Wildman–Crippen LogP) is 4.38. The van der Waals surface area contributed by atoms with Gasteiger partial charge in [0.2, 0.25) is 0 Å². The van der Waals surface area contributed by atoms with Crippen LogP contribution in [0.5, 0.6) is 0 Å². The fourth-order valence-corrected chi connectivity index (χ4v) is 2.37. The molecular weight excluding hydrogens is 347 g/mol. The summed E-state index contributed by atoms with van der Waals surface area (Å²) < 4.78 is 14.3. The van der Waals surface area contributed by atoms with E-state index in [0.29, 0.717) is 20.9 Å². The van der Waals surface area contributed by atoms with Gasteiger partial charge in [-0.05, 0) is 58.7 Å². The highest BCUT2D eigenvalue weighted by atomic mass is 79.9. The fraction of sp³-hybridized carbons (Fsp3) is 0.0714. The molecule has 2 aromatic carbocycles. The van der Waals surface area contributed by atoms with Crippen LogP contribution in [0.25, 0.3) is 0 Å². The second-order valence-electron chi connectivity index (χ2n) is 4.27. The van der Waals surface area contributed by atoms with Crippen LogP contribution >= 0.6 is 27.5 Å². The molecule has 0 saturated carbocycles. The quantitative estimate of drug-likeness (QED) is 0.783. The standard InChI is InChI=1S/C14H11BrClFN2O/c1-7-4-10(15)13(6-11(7)16)19-14(20)9-5-8(18)2-3-12(9)17/h2-6H,18H2,1H3,(H,19,20). The molecule has 0 heterocycles. The molecule has 0 aromatic heterocycles. The van der Waals surface area contributed by atoms with Crippen molar-refractivity contribution in [3.63, 3.8) is 0 Å². The molecule has 1 amide bonds. The molecule has 0 aliphatic carbocycles. The van der Waals surface area contributed by atoms with Crippen LogP contribution in [-0.2, 0) is 0 Å². The Balaban J connectivity index is 2.32. The smallest absolute Gasteiger partial charge is 0.258 e. The number of amides is 1. The van der Waals surface area contributed by atoms with E-state index in [1.807, 2.05) is 6.92 Å². The second kappa shape index (κ2) is 5.81. The number of anilines is 2. The maximum absolute atomic E-state index is 13.6. The SMILES string of the molecule is Cc1cc(Br)c(NC(=O)c2cc(N)ccc2F)cc1Cl. The van der Waals surface area contributed by atoms with Crippen molar-refractivity contribution in [1.82, 2.24) is 0 Å². The largest absolute Gasteiger partial charge is 0.399 e. The highest BCUT2D eigenvalue weighted by Crippen LogP contribution is 2.29. The van der Waals surface area contributed by atoms with Crippen LogP contribution in [0.2, 0.25) is 5.02 Å². The van der Waals surface area contributed by atoms with E-state index in [0.717, 1.165) is 11.6 Å². The minimum Gasteiger partial charge on any atom is -0.399 e. The zero-order valence-corrected chi connectivity index (χ0v) is 12.8. The molecule has 104 valence electrons. The van der Waals surface area contributed by atoms with Crippen molar-refractivity contribution in [3.05, 3.63) is 56.8 Å². The van der Waals surface area contributed by atoms with Crippen molar-refractivity contribution in [2.45, 2.75) is 6.92 Å². The van der Waals surface area contributed by atoms with Crippen LogP contribution in [0.4, 0.5) is 15.8 Å². The van der Waals surface area contributed by atoms with Crippen LogP contribution in [0.1, 0.15) is 15.9 Å². The maximum atomic E-state index is 13.6. The fourth-order valence-electron chi connectivity index (χ4n) is 1.65. The van der Waals surface area contributed by atoms with E-state index in [9.17, 15) is 9.18 Å². The molecule has 0 atom stereocenters. The Hall–Kier alpha value is -1.59. The van der Waals surface area contributed by atoms with E-state index in [1.54, 1.807) is 12.1 Å². The highest BCUT2D eigenvalue weighted by molar-refractivity contribution is 9.10. The van der Waals surface area contributed by atoms with Gasteiger partial charge in [-0.25, -0.2) is 4.39 Å². The molecule has 0 bridgehead atoms. The minimum atomic E-state index is -0.633. The first-order chi connectivity index (χ1) is 9.38. The van der Waals surface area contributed by atoms with E-state index in [-0.39, 0.29) is 5.56 Å². The van der Waals surface area contributed by atoms with Crippen molar-refractivity contribution in [3.8, 4) is 0 Å². The number of nitrogens with one attached hydrogen (secondary N) is 1. The summed E-state index contributed by atoms with van der Waals surface area (Å²) in [5.74, 6) is -1.22. The first kappa shape index (κ1) is 14.8. The lowest BCUT2D eigenvalue weighted by molar-refractivity contribution is 0.102. The van der Waals surface area contributed by atoms with Gasteiger partial charge in [-0.15, -0.1) is 0 Å². The van der Waals surface area contributed by atoms with Crippen LogP contribution in [0, 0.1) is 12.7 Å². The third kappa shape index (κ3) is 3.11. The van der Waals surface area contributed by atoms with Gasteiger partial charge in [0.25, 0.3) is 5.91 Å². The van der Waals surface area contributed by atoms with Gasteiger partial charge >= 0.3 is 0 Å². The number of rotatable bonds is 2. The molecule has 0 unspecified atom stereocenters. The van der Waals surface area contributed by atoms with Gasteiger partial charge in [0.15, 0.2) is 0 Å². The zero-order chi connectivity index (χ0) is 14.9. The molecule has 0 spiro atoms. The lowest BCUT2D eigenvalue weighted by atomic mass is 10.1. The molecule has 3 N–H and O–H groups in total. The van der Waals surface area contributed by atoms with Gasteiger partial charge in [0, 0.05) is 15.2 Å². The predicted molar refractivity (Wildman–Crippen MR) is 82.7 cm³/mol. The zero-order valence-electron chi connectivity index (χ0n) is 10.5. The summed E-state index contributed by atoms with van der Waals surface area (Å²) in [6.07, 6.45) is 0. The molecule has 0 saturated heterocycles. The number of nitrogens with two attached hydrogens (primary N) is 1. The summed E-state index contributed by atoms with van der Waals surface area (Å²) >= 11 is 9.33. The summed E-state index contributed by atoms with van der Waals surface area (Å²) in [5, 5.41) is 3.11. The number of halogens is 3. The van der Waals surface area contributed by atoms with Gasteiger partial charge < -0.3 is 11.1 Å². The third-order valence-electron chi connectivity index (χ3n) is 2.73. The number of carbonyl (C=O) groups is 1. The van der Waals surface area contributed by atoms with Crippen molar-refractivity contribution >= 4 is 44.8 Å². The van der Waals surface area contributed by atoms with Gasteiger partial charge in [-0.2, -0.15) is 0 Å². The lowest BCUT2D eigenvalue weighted by Crippen LogP contribution is -2.14. The Morgan fingerprint density at radius 3 is 2.75 bits per heavy atom. The summed E-state index contributed by atoms with van der Waals surface area (Å²) in [6.45, 7) is 1.84. The minimum absolute atomic E-state index is 0.117. The van der Waals surface area contributed by atoms with E-state index < -0.39 is 11.7 Å². The van der Waals surface area contributed by atoms with Crippen LogP contribution in [-0.4, -0.2) is 5.91 Å². The molecular formula is C14H11BrClFN2O. The summed E-state index contributed by atoms with van der Waals surface area (Å²) in [6, 6.07) is 7.21. The molecule has 6 heteroatoms. The van der Waals surface area contributed by atoms with Crippen LogP contribution in [0.15, 0.2) is 34.8 Å². The number of aryl methyl sites for hydroxylation is 1. The number of nitrogen functional groups attached to an aromatic ring is 1. The average Bonchev–Trinajstić information content (AvgIpc) is 2.38. The second-order valence-corrected chi connectivity index (χ2v) is 5.54. The Labute approximate surface area is 129 Å². The van der Waals surface area contributed by atoms with Crippen molar-refractivity contribution in [2.24, 2.45) is 0 Å². The summed E-state index contributed by atoms with van der Waals surface area (Å²) in [5.41, 5.74) is 7.09. The lowest BCUT2D eigenvalue weighted by Gasteiger charge is -2.10. The number of benzene rings is 2. The first-order valence-corrected chi connectivity index (χ1v) is 6.87. The Morgan fingerprint density at radius 1 is 1.35 bits per heavy atom. The average molecular weight is 358 g/mol.